The van der Waals surface area contributed by atoms with Gasteiger partial charge in [0, 0.05) is 10.5 Å². The van der Waals surface area contributed by atoms with Gasteiger partial charge in [-0.25, -0.2) is 4.39 Å². The Morgan fingerprint density at radius 2 is 1.60 bits per heavy atom. The topological polar surface area (TPSA) is 17.1 Å². The van der Waals surface area contributed by atoms with Gasteiger partial charge in [-0.3, -0.25) is 4.79 Å². The highest BCUT2D eigenvalue weighted by Gasteiger charge is 2.09. The summed E-state index contributed by atoms with van der Waals surface area (Å²) in [6.07, 6.45) is 2.71. The molecule has 2 aromatic carbocycles. The van der Waals surface area contributed by atoms with Crippen molar-refractivity contribution in [2.75, 3.05) is 6.26 Å². The van der Waals surface area contributed by atoms with Crippen molar-refractivity contribution in [1.29, 1.82) is 0 Å². The molecule has 2 aromatic rings. The van der Waals surface area contributed by atoms with Crippen molar-refractivity contribution in [1.82, 2.24) is 0 Å². The number of carbonyl (C=O) groups excluding carboxylic acids is 1. The Labute approximate surface area is 126 Å². The molecule has 0 aromatic heterocycles. The Morgan fingerprint density at radius 1 is 1.05 bits per heavy atom. The highest BCUT2D eigenvalue weighted by Crippen LogP contribution is 2.29. The fraction of sp³-hybridized carbons (Fsp3) is 0.0625. The molecule has 20 heavy (non-hydrogen) atoms. The second-order valence-corrected chi connectivity index (χ2v) is 5.34. The maximum atomic E-state index is 12.9. The van der Waals surface area contributed by atoms with Crippen LogP contribution in [0.4, 0.5) is 4.39 Å². The molecule has 0 N–H and O–H groups in total. The van der Waals surface area contributed by atoms with Crippen molar-refractivity contribution in [3.05, 3.63) is 65.5 Å². The number of rotatable bonds is 4. The molecule has 2 rings (SSSR count). The minimum atomic E-state index is -0.338. The van der Waals surface area contributed by atoms with Gasteiger partial charge in [0.15, 0.2) is 6.29 Å². The Balaban J connectivity index is 2.45. The van der Waals surface area contributed by atoms with Crippen LogP contribution in [0.2, 0.25) is 0 Å². The van der Waals surface area contributed by atoms with Gasteiger partial charge in [0.05, 0.1) is 5.03 Å². The van der Waals surface area contributed by atoms with Crippen LogP contribution in [0.15, 0.2) is 53.4 Å². The molecular weight excluding hydrogens is 295 g/mol. The fourth-order valence-corrected chi connectivity index (χ4v) is 2.46. The van der Waals surface area contributed by atoms with Gasteiger partial charge in [-0.1, -0.05) is 35.9 Å². The van der Waals surface area contributed by atoms with E-state index in [1.54, 1.807) is 23.9 Å². The monoisotopic (exact) mass is 306 g/mol. The van der Waals surface area contributed by atoms with E-state index in [2.05, 4.69) is 0 Å². The number of aldehydes is 1. The van der Waals surface area contributed by atoms with Crippen LogP contribution in [0.1, 0.15) is 11.1 Å². The number of allylic oxidation sites excluding steroid dienone is 1. The average Bonchev–Trinajstić information content (AvgIpc) is 2.49. The molecule has 0 amide bonds. The first-order chi connectivity index (χ1) is 9.65. The number of hydrogen-bond acceptors (Lipinski definition) is 2. The van der Waals surface area contributed by atoms with Gasteiger partial charge in [-0.05, 0) is 41.6 Å². The Hall–Kier alpha value is -1.58. The first-order valence-corrected chi connectivity index (χ1v) is 7.51. The zero-order valence-corrected chi connectivity index (χ0v) is 12.3. The normalized spacial score (nSPS) is 11.9. The third-order valence-electron chi connectivity index (χ3n) is 2.85. The molecule has 0 aliphatic heterocycles. The summed E-state index contributed by atoms with van der Waals surface area (Å²) < 4.78 is 12.9. The zero-order chi connectivity index (χ0) is 14.5. The molecule has 1 nitrogen and oxygen atoms in total. The van der Waals surface area contributed by atoms with Crippen LogP contribution in [0.5, 0.6) is 0 Å². The predicted molar refractivity (Wildman–Crippen MR) is 83.4 cm³/mol. The number of thioether (sulfide) groups is 1. The number of benzene rings is 2. The number of carbonyl (C=O) groups is 1. The quantitative estimate of drug-likeness (QED) is 0.347. The Morgan fingerprint density at radius 3 is 2.10 bits per heavy atom. The summed E-state index contributed by atoms with van der Waals surface area (Å²) in [5.41, 5.74) is 1.75. The molecule has 102 valence electrons. The lowest BCUT2D eigenvalue weighted by Gasteiger charge is -2.06. The van der Waals surface area contributed by atoms with E-state index >= 15 is 0 Å². The SMILES string of the molecule is CSc1ccc(/C(C=O)=C(/Cl)c2ccc(F)cc2)cc1. The van der Waals surface area contributed by atoms with Gasteiger partial charge in [0.1, 0.15) is 5.82 Å². The van der Waals surface area contributed by atoms with E-state index in [1.807, 2.05) is 30.5 Å². The van der Waals surface area contributed by atoms with E-state index in [0.717, 1.165) is 16.7 Å². The molecule has 0 aliphatic rings. The van der Waals surface area contributed by atoms with Crippen molar-refractivity contribution in [2.45, 2.75) is 4.90 Å². The van der Waals surface area contributed by atoms with Crippen molar-refractivity contribution in [3.8, 4) is 0 Å². The minimum absolute atomic E-state index is 0.317. The van der Waals surface area contributed by atoms with Crippen molar-refractivity contribution < 1.29 is 9.18 Å². The van der Waals surface area contributed by atoms with E-state index in [9.17, 15) is 9.18 Å². The molecule has 0 saturated heterocycles. The smallest absolute Gasteiger partial charge is 0.152 e. The standard InChI is InChI=1S/C16H12ClFOS/c1-20-14-8-4-11(5-9-14)15(10-19)16(17)12-2-6-13(18)7-3-12/h2-10H,1H3/b16-15+. The molecule has 0 aliphatic carbocycles. The van der Waals surface area contributed by atoms with Gasteiger partial charge < -0.3 is 0 Å². The second-order valence-electron chi connectivity index (χ2n) is 4.08. The Kier molecular flexibility index (Phi) is 4.99. The molecular formula is C16H12ClFOS. The molecule has 0 atom stereocenters. The lowest BCUT2D eigenvalue weighted by molar-refractivity contribution is -0.103. The lowest BCUT2D eigenvalue weighted by Crippen LogP contribution is -1.90. The van der Waals surface area contributed by atoms with Gasteiger partial charge in [0.25, 0.3) is 0 Å². The highest BCUT2D eigenvalue weighted by molar-refractivity contribution is 7.98. The molecule has 4 heteroatoms. The number of halogens is 2. The van der Waals surface area contributed by atoms with Crippen molar-refractivity contribution in [3.63, 3.8) is 0 Å². The molecule has 0 saturated carbocycles. The van der Waals surface area contributed by atoms with Crippen LogP contribution in [0.3, 0.4) is 0 Å². The molecule has 0 bridgehead atoms. The fourth-order valence-electron chi connectivity index (χ4n) is 1.77. The van der Waals surface area contributed by atoms with Gasteiger partial charge >= 0.3 is 0 Å². The van der Waals surface area contributed by atoms with E-state index in [0.29, 0.717) is 16.2 Å². The Bertz CT molecular complexity index is 633. The van der Waals surface area contributed by atoms with Crippen LogP contribution in [-0.4, -0.2) is 12.5 Å². The molecule has 0 spiro atoms. The van der Waals surface area contributed by atoms with E-state index in [4.69, 9.17) is 11.6 Å². The zero-order valence-electron chi connectivity index (χ0n) is 10.8. The predicted octanol–water partition coefficient (Wildman–Crippen LogP) is 4.85. The van der Waals surface area contributed by atoms with Crippen LogP contribution >= 0.6 is 23.4 Å². The summed E-state index contributed by atoms with van der Waals surface area (Å²) in [5.74, 6) is -0.338. The summed E-state index contributed by atoms with van der Waals surface area (Å²) in [4.78, 5) is 12.4. The van der Waals surface area contributed by atoms with Crippen molar-refractivity contribution >= 4 is 40.3 Å². The van der Waals surface area contributed by atoms with Gasteiger partial charge in [0.2, 0.25) is 0 Å². The van der Waals surface area contributed by atoms with Gasteiger partial charge in [-0.2, -0.15) is 0 Å². The summed E-state index contributed by atoms with van der Waals surface area (Å²) in [6.45, 7) is 0. The number of hydrogen-bond donors (Lipinski definition) is 0. The van der Waals surface area contributed by atoms with Crippen LogP contribution in [0.25, 0.3) is 10.6 Å². The average molecular weight is 307 g/mol. The third kappa shape index (κ3) is 3.30. The summed E-state index contributed by atoms with van der Waals surface area (Å²) >= 11 is 7.88. The van der Waals surface area contributed by atoms with E-state index in [-0.39, 0.29) is 5.82 Å². The van der Waals surface area contributed by atoms with Crippen LogP contribution in [0, 0.1) is 5.82 Å². The summed E-state index contributed by atoms with van der Waals surface area (Å²) in [7, 11) is 0. The third-order valence-corrected chi connectivity index (χ3v) is 4.02. The summed E-state index contributed by atoms with van der Waals surface area (Å²) in [5, 5.41) is 0.317. The molecule has 0 fully saturated rings. The van der Waals surface area contributed by atoms with Crippen LogP contribution < -0.4 is 0 Å². The largest absolute Gasteiger partial charge is 0.298 e. The maximum absolute atomic E-state index is 12.9. The minimum Gasteiger partial charge on any atom is -0.298 e. The van der Waals surface area contributed by atoms with Crippen LogP contribution in [-0.2, 0) is 4.79 Å². The maximum Gasteiger partial charge on any atom is 0.152 e. The van der Waals surface area contributed by atoms with Crippen molar-refractivity contribution in [2.24, 2.45) is 0 Å². The first-order valence-electron chi connectivity index (χ1n) is 5.91. The second kappa shape index (κ2) is 6.73. The van der Waals surface area contributed by atoms with E-state index < -0.39 is 0 Å². The first kappa shape index (κ1) is 14.8. The summed E-state index contributed by atoms with van der Waals surface area (Å²) in [6, 6.07) is 13.3. The van der Waals surface area contributed by atoms with E-state index in [1.165, 1.54) is 12.1 Å². The lowest BCUT2D eigenvalue weighted by atomic mass is 10.0. The highest BCUT2D eigenvalue weighted by atomic mass is 35.5. The van der Waals surface area contributed by atoms with Gasteiger partial charge in [-0.15, -0.1) is 11.8 Å². The molecule has 0 heterocycles. The molecule has 0 unspecified atom stereocenters. The molecule has 0 radical (unpaired) electrons.